The van der Waals surface area contributed by atoms with Crippen molar-refractivity contribution in [2.75, 3.05) is 18.5 Å². The summed E-state index contributed by atoms with van der Waals surface area (Å²) in [6, 6.07) is 1.67. The monoisotopic (exact) mass is 263 g/mol. The van der Waals surface area contributed by atoms with Gasteiger partial charge >= 0.3 is 6.18 Å². The van der Waals surface area contributed by atoms with Crippen LogP contribution >= 0.6 is 0 Å². The molecule has 4 nitrogen and oxygen atoms in total. The smallest absolute Gasteiger partial charge is 0.389 e. The molecule has 0 fully saturated rings. The molecule has 18 heavy (non-hydrogen) atoms. The third-order valence-corrected chi connectivity index (χ3v) is 2.04. The van der Waals surface area contributed by atoms with Crippen LogP contribution < -0.4 is 10.1 Å². The van der Waals surface area contributed by atoms with Gasteiger partial charge in [0.1, 0.15) is 0 Å². The molecule has 0 aliphatic carbocycles. The summed E-state index contributed by atoms with van der Waals surface area (Å²) in [6.07, 6.45) is -4.94. The standard InChI is InChI=1S/C11H16F3N3O/c1-3-18-9-7-8(2)16-10(17-9)15-6-4-5-11(12,13)14/h7H,3-6H2,1-2H3,(H,15,16,17). The van der Waals surface area contributed by atoms with E-state index in [9.17, 15) is 13.2 Å². The molecule has 0 aromatic carbocycles. The predicted molar refractivity (Wildman–Crippen MR) is 61.7 cm³/mol. The highest BCUT2D eigenvalue weighted by Crippen LogP contribution is 2.21. The van der Waals surface area contributed by atoms with Gasteiger partial charge in [0.25, 0.3) is 0 Å². The minimum atomic E-state index is -4.12. The Morgan fingerprint density at radius 1 is 1.33 bits per heavy atom. The van der Waals surface area contributed by atoms with Crippen LogP contribution in [0.1, 0.15) is 25.5 Å². The summed E-state index contributed by atoms with van der Waals surface area (Å²) in [7, 11) is 0. The SMILES string of the molecule is CCOc1cc(C)nc(NCCCC(F)(F)F)n1. The van der Waals surface area contributed by atoms with Crippen molar-refractivity contribution in [2.24, 2.45) is 0 Å². The van der Waals surface area contributed by atoms with E-state index >= 15 is 0 Å². The third kappa shape index (κ3) is 5.70. The number of hydrogen-bond donors (Lipinski definition) is 1. The second-order valence-corrected chi connectivity index (χ2v) is 3.75. The number of halogens is 3. The molecule has 0 saturated carbocycles. The van der Waals surface area contributed by atoms with Gasteiger partial charge in [0.05, 0.1) is 6.61 Å². The first kappa shape index (κ1) is 14.5. The summed E-state index contributed by atoms with van der Waals surface area (Å²) < 4.78 is 41.0. The highest BCUT2D eigenvalue weighted by atomic mass is 19.4. The van der Waals surface area contributed by atoms with E-state index in [1.54, 1.807) is 13.0 Å². The van der Waals surface area contributed by atoms with Crippen molar-refractivity contribution >= 4 is 5.95 Å². The number of nitrogens with zero attached hydrogens (tertiary/aromatic N) is 2. The first-order chi connectivity index (χ1) is 8.40. The molecule has 0 bridgehead atoms. The fourth-order valence-corrected chi connectivity index (χ4v) is 1.33. The minimum absolute atomic E-state index is 0.00916. The number of aromatic nitrogens is 2. The van der Waals surface area contributed by atoms with Gasteiger partial charge in [-0.1, -0.05) is 0 Å². The fraction of sp³-hybridized carbons (Fsp3) is 0.636. The van der Waals surface area contributed by atoms with Crippen LogP contribution in [-0.2, 0) is 0 Å². The third-order valence-electron chi connectivity index (χ3n) is 2.04. The lowest BCUT2D eigenvalue weighted by atomic mass is 10.3. The van der Waals surface area contributed by atoms with Crippen LogP contribution in [0.25, 0.3) is 0 Å². The van der Waals surface area contributed by atoms with Crippen LogP contribution in [0.5, 0.6) is 5.88 Å². The van der Waals surface area contributed by atoms with Crippen LogP contribution in [0.4, 0.5) is 19.1 Å². The number of alkyl halides is 3. The molecule has 0 saturated heterocycles. The van der Waals surface area contributed by atoms with E-state index in [-0.39, 0.29) is 13.0 Å². The molecule has 0 spiro atoms. The summed E-state index contributed by atoms with van der Waals surface area (Å²) in [5.41, 5.74) is 0.701. The number of rotatable bonds is 6. The maximum absolute atomic E-state index is 11.9. The first-order valence-electron chi connectivity index (χ1n) is 5.70. The molecular weight excluding hydrogens is 247 g/mol. The summed E-state index contributed by atoms with van der Waals surface area (Å²) in [5, 5.41) is 2.75. The number of ether oxygens (including phenoxy) is 1. The molecule has 0 radical (unpaired) electrons. The van der Waals surface area contributed by atoms with Crippen molar-refractivity contribution in [1.29, 1.82) is 0 Å². The Morgan fingerprint density at radius 2 is 2.06 bits per heavy atom. The van der Waals surface area contributed by atoms with Gasteiger partial charge in [-0.25, -0.2) is 4.98 Å². The van der Waals surface area contributed by atoms with Gasteiger partial charge < -0.3 is 10.1 Å². The largest absolute Gasteiger partial charge is 0.478 e. The van der Waals surface area contributed by atoms with Crippen molar-refractivity contribution < 1.29 is 17.9 Å². The molecule has 102 valence electrons. The first-order valence-corrected chi connectivity index (χ1v) is 5.70. The number of aryl methyl sites for hydroxylation is 1. The zero-order valence-corrected chi connectivity index (χ0v) is 10.3. The van der Waals surface area contributed by atoms with Crippen molar-refractivity contribution in [3.8, 4) is 5.88 Å². The van der Waals surface area contributed by atoms with Crippen LogP contribution in [0.3, 0.4) is 0 Å². The maximum atomic E-state index is 11.9. The second kappa shape index (κ2) is 6.42. The Balaban J connectivity index is 2.46. The zero-order valence-electron chi connectivity index (χ0n) is 10.3. The van der Waals surface area contributed by atoms with E-state index in [1.807, 2.05) is 6.92 Å². The topological polar surface area (TPSA) is 47.0 Å². The normalized spacial score (nSPS) is 11.4. The molecule has 0 amide bonds. The maximum Gasteiger partial charge on any atom is 0.389 e. The van der Waals surface area contributed by atoms with Crippen LogP contribution in [0.15, 0.2) is 6.07 Å². The Labute approximate surface area is 104 Å². The van der Waals surface area contributed by atoms with Crippen molar-refractivity contribution in [1.82, 2.24) is 9.97 Å². The van der Waals surface area contributed by atoms with Crippen LogP contribution in [-0.4, -0.2) is 29.3 Å². The van der Waals surface area contributed by atoms with Crippen molar-refractivity contribution in [3.05, 3.63) is 11.8 Å². The Kier molecular flexibility index (Phi) is 5.18. The van der Waals surface area contributed by atoms with E-state index in [0.29, 0.717) is 24.1 Å². The van der Waals surface area contributed by atoms with Gasteiger partial charge in [-0.2, -0.15) is 18.2 Å². The molecule has 0 aliphatic rings. The number of anilines is 1. The van der Waals surface area contributed by atoms with Crippen LogP contribution in [0, 0.1) is 6.92 Å². The van der Waals surface area contributed by atoms with E-state index in [2.05, 4.69) is 15.3 Å². The molecule has 1 N–H and O–H groups in total. The van der Waals surface area contributed by atoms with Gasteiger partial charge in [0.15, 0.2) is 0 Å². The van der Waals surface area contributed by atoms with Crippen molar-refractivity contribution in [2.45, 2.75) is 32.9 Å². The lowest BCUT2D eigenvalue weighted by Crippen LogP contribution is -2.12. The number of hydrogen-bond acceptors (Lipinski definition) is 4. The highest BCUT2D eigenvalue weighted by molar-refractivity contribution is 5.30. The van der Waals surface area contributed by atoms with E-state index in [4.69, 9.17) is 4.74 Å². The molecule has 0 aliphatic heterocycles. The summed E-state index contributed by atoms with van der Waals surface area (Å²) in [4.78, 5) is 8.10. The van der Waals surface area contributed by atoms with E-state index < -0.39 is 12.6 Å². The summed E-state index contributed by atoms with van der Waals surface area (Å²) in [6.45, 7) is 4.25. The molecule has 1 aromatic rings. The fourth-order valence-electron chi connectivity index (χ4n) is 1.33. The molecule has 1 aromatic heterocycles. The van der Waals surface area contributed by atoms with Gasteiger partial charge in [-0.15, -0.1) is 0 Å². The average Bonchev–Trinajstić information content (AvgIpc) is 2.23. The summed E-state index contributed by atoms with van der Waals surface area (Å²) >= 11 is 0. The Bertz CT molecular complexity index is 382. The highest BCUT2D eigenvalue weighted by Gasteiger charge is 2.25. The second-order valence-electron chi connectivity index (χ2n) is 3.75. The van der Waals surface area contributed by atoms with Gasteiger partial charge in [-0.3, -0.25) is 0 Å². The zero-order chi connectivity index (χ0) is 13.6. The lowest BCUT2D eigenvalue weighted by molar-refractivity contribution is -0.134. The lowest BCUT2D eigenvalue weighted by Gasteiger charge is -2.09. The number of nitrogens with one attached hydrogen (secondary N) is 1. The predicted octanol–water partition coefficient (Wildman–Crippen LogP) is 2.94. The molecule has 1 heterocycles. The van der Waals surface area contributed by atoms with E-state index in [0.717, 1.165) is 0 Å². The van der Waals surface area contributed by atoms with Gasteiger partial charge in [0.2, 0.25) is 11.8 Å². The minimum Gasteiger partial charge on any atom is -0.478 e. The van der Waals surface area contributed by atoms with Gasteiger partial charge in [-0.05, 0) is 20.3 Å². The average molecular weight is 263 g/mol. The van der Waals surface area contributed by atoms with Crippen molar-refractivity contribution in [3.63, 3.8) is 0 Å². The molecule has 0 unspecified atom stereocenters. The molecule has 1 rings (SSSR count). The summed E-state index contributed by atoms with van der Waals surface area (Å²) in [5.74, 6) is 0.712. The van der Waals surface area contributed by atoms with E-state index in [1.165, 1.54) is 0 Å². The molecule has 7 heteroatoms. The Morgan fingerprint density at radius 3 is 2.67 bits per heavy atom. The quantitative estimate of drug-likeness (QED) is 0.802. The van der Waals surface area contributed by atoms with Gasteiger partial charge in [0, 0.05) is 24.7 Å². The van der Waals surface area contributed by atoms with Crippen LogP contribution in [0.2, 0.25) is 0 Å². The Hall–Kier alpha value is -1.53. The molecular formula is C11H16F3N3O. The molecule has 0 atom stereocenters.